The van der Waals surface area contributed by atoms with Gasteiger partial charge in [0.1, 0.15) is 17.1 Å². The van der Waals surface area contributed by atoms with Crippen LogP contribution >= 0.6 is 0 Å². The molecule has 0 aromatic heterocycles. The molecule has 0 spiro atoms. The van der Waals surface area contributed by atoms with Gasteiger partial charge in [0.2, 0.25) is 0 Å². The molecular weight excluding hydrogens is 408 g/mol. The minimum absolute atomic E-state index is 0.125. The lowest BCUT2D eigenvalue weighted by atomic mass is 9.42. The topological polar surface area (TPSA) is 46.5 Å². The fourth-order valence-electron chi connectivity index (χ4n) is 9.46. The van der Waals surface area contributed by atoms with E-state index in [1.165, 1.54) is 19.3 Å². The highest BCUT2D eigenvalue weighted by molar-refractivity contribution is 5.79. The molecule has 2 unspecified atom stereocenters. The minimum Gasteiger partial charge on any atom is -0.496 e. The molecule has 178 valence electrons. The second-order valence-corrected chi connectivity index (χ2v) is 12.2. The van der Waals surface area contributed by atoms with Gasteiger partial charge >= 0.3 is 0 Å². The smallest absolute Gasteiger partial charge is 0.133 e. The van der Waals surface area contributed by atoms with Crippen LogP contribution in [0.5, 0.6) is 5.75 Å². The molecule has 3 nitrogen and oxygen atoms in total. The summed E-state index contributed by atoms with van der Waals surface area (Å²) >= 11 is 0. The molecule has 4 saturated carbocycles. The molecule has 4 fully saturated rings. The molecule has 3 heteroatoms. The van der Waals surface area contributed by atoms with Crippen LogP contribution in [-0.2, 0) is 4.79 Å². The normalized spacial score (nSPS) is 46.4. The Kier molecular flexibility index (Phi) is 5.48. The number of rotatable bonds is 3. The highest BCUT2D eigenvalue weighted by atomic mass is 16.5. The quantitative estimate of drug-likeness (QED) is 0.577. The molecule has 1 N–H and O–H groups in total. The van der Waals surface area contributed by atoms with Gasteiger partial charge in [0.25, 0.3) is 0 Å². The van der Waals surface area contributed by atoms with E-state index in [0.717, 1.165) is 37.0 Å². The van der Waals surface area contributed by atoms with Crippen molar-refractivity contribution in [2.45, 2.75) is 83.7 Å². The standard InChI is InChI=1S/C30H40O3/c1-6-30(32)17-20-11-12-21-24-14-13-23(19(2)31)28(24,3)16-15-25(21)29(20,4)18-26(30)22-9-7-8-10-27(22)33-5/h1,7-10,20-21,23-26,32H,11-18H2,2-5H3/t20?,21-,23+,24-,25-,26?,28+,29-,30-/m0/s1. The molecule has 1 aromatic rings. The lowest BCUT2D eigenvalue weighted by molar-refractivity contribution is -0.150. The van der Waals surface area contributed by atoms with Crippen LogP contribution in [0.15, 0.2) is 24.3 Å². The Hall–Kier alpha value is -1.79. The van der Waals surface area contributed by atoms with Gasteiger partial charge in [-0.1, -0.05) is 38.0 Å². The molecule has 33 heavy (non-hydrogen) atoms. The third-order valence-corrected chi connectivity index (χ3v) is 11.1. The van der Waals surface area contributed by atoms with Crippen molar-refractivity contribution in [3.8, 4) is 18.1 Å². The van der Waals surface area contributed by atoms with Gasteiger partial charge < -0.3 is 9.84 Å². The van der Waals surface area contributed by atoms with Crippen LogP contribution in [0.3, 0.4) is 0 Å². The van der Waals surface area contributed by atoms with E-state index in [-0.39, 0.29) is 22.7 Å². The summed E-state index contributed by atoms with van der Waals surface area (Å²) in [5.41, 5.74) is 0.224. The largest absolute Gasteiger partial charge is 0.496 e. The van der Waals surface area contributed by atoms with Crippen molar-refractivity contribution in [1.29, 1.82) is 0 Å². The Morgan fingerprint density at radius 2 is 1.79 bits per heavy atom. The van der Waals surface area contributed by atoms with Crippen LogP contribution in [0.1, 0.15) is 83.6 Å². The molecule has 0 aliphatic heterocycles. The van der Waals surface area contributed by atoms with Gasteiger partial charge in [0.15, 0.2) is 0 Å². The number of hydrogen-bond donors (Lipinski definition) is 1. The van der Waals surface area contributed by atoms with Gasteiger partial charge in [-0.05, 0) is 98.9 Å². The Balaban J connectivity index is 1.51. The summed E-state index contributed by atoms with van der Waals surface area (Å²) < 4.78 is 5.70. The predicted molar refractivity (Wildman–Crippen MR) is 131 cm³/mol. The molecule has 0 radical (unpaired) electrons. The number of para-hydroxylation sites is 1. The van der Waals surface area contributed by atoms with Crippen LogP contribution in [0.2, 0.25) is 0 Å². The summed E-state index contributed by atoms with van der Waals surface area (Å²) in [6, 6.07) is 8.08. The molecule has 5 rings (SSSR count). The van der Waals surface area contributed by atoms with E-state index in [4.69, 9.17) is 11.2 Å². The number of Topliss-reactive ketones (excluding diaryl/α,β-unsaturated/α-hetero) is 1. The lowest BCUT2D eigenvalue weighted by Gasteiger charge is -2.63. The fourth-order valence-corrected chi connectivity index (χ4v) is 9.46. The van der Waals surface area contributed by atoms with Crippen molar-refractivity contribution in [2.75, 3.05) is 7.11 Å². The lowest BCUT2D eigenvalue weighted by Crippen LogP contribution is -2.58. The first-order chi connectivity index (χ1) is 15.7. The third-order valence-electron chi connectivity index (χ3n) is 11.1. The zero-order chi connectivity index (χ0) is 23.6. The molecule has 4 aliphatic rings. The van der Waals surface area contributed by atoms with Crippen molar-refractivity contribution >= 4 is 5.78 Å². The van der Waals surface area contributed by atoms with Crippen molar-refractivity contribution < 1.29 is 14.6 Å². The molecule has 0 amide bonds. The van der Waals surface area contributed by atoms with Crippen LogP contribution in [0.4, 0.5) is 0 Å². The number of methoxy groups -OCH3 is 1. The number of fused-ring (bicyclic) bond motifs is 5. The number of carbonyl (C=O) groups is 1. The van der Waals surface area contributed by atoms with Crippen LogP contribution in [0, 0.1) is 52.8 Å². The van der Waals surface area contributed by atoms with Crippen molar-refractivity contribution in [1.82, 2.24) is 0 Å². The maximum atomic E-state index is 12.5. The van der Waals surface area contributed by atoms with E-state index < -0.39 is 5.60 Å². The average Bonchev–Trinajstić information content (AvgIpc) is 3.16. The number of aliphatic hydroxyl groups is 1. The second-order valence-electron chi connectivity index (χ2n) is 12.2. The Bertz CT molecular complexity index is 977. The van der Waals surface area contributed by atoms with Crippen LogP contribution < -0.4 is 4.74 Å². The molecule has 0 bridgehead atoms. The molecule has 0 heterocycles. The van der Waals surface area contributed by atoms with Crippen molar-refractivity contribution in [2.24, 2.45) is 40.4 Å². The first-order valence-electron chi connectivity index (χ1n) is 13.0. The molecule has 1 aromatic carbocycles. The Labute approximate surface area is 199 Å². The van der Waals surface area contributed by atoms with Crippen molar-refractivity contribution in [3.63, 3.8) is 0 Å². The monoisotopic (exact) mass is 448 g/mol. The zero-order valence-corrected chi connectivity index (χ0v) is 20.8. The van der Waals surface area contributed by atoms with Gasteiger partial charge in [-0.15, -0.1) is 6.42 Å². The number of terminal acetylenes is 1. The van der Waals surface area contributed by atoms with E-state index in [0.29, 0.717) is 35.9 Å². The van der Waals surface area contributed by atoms with E-state index in [1.807, 2.05) is 25.1 Å². The van der Waals surface area contributed by atoms with Gasteiger partial charge in [-0.25, -0.2) is 0 Å². The first kappa shape index (κ1) is 23.0. The molecule has 4 aliphatic carbocycles. The zero-order valence-electron chi connectivity index (χ0n) is 20.8. The highest BCUT2D eigenvalue weighted by Crippen LogP contribution is 2.69. The number of hydrogen-bond acceptors (Lipinski definition) is 3. The summed E-state index contributed by atoms with van der Waals surface area (Å²) in [4.78, 5) is 12.5. The van der Waals surface area contributed by atoms with E-state index in [2.05, 4.69) is 25.8 Å². The second kappa shape index (κ2) is 7.88. The van der Waals surface area contributed by atoms with Gasteiger partial charge in [-0.3, -0.25) is 4.79 Å². The van der Waals surface area contributed by atoms with Gasteiger partial charge in [0.05, 0.1) is 7.11 Å². The van der Waals surface area contributed by atoms with Crippen molar-refractivity contribution in [3.05, 3.63) is 29.8 Å². The molecular formula is C30H40O3. The van der Waals surface area contributed by atoms with Gasteiger partial charge in [-0.2, -0.15) is 0 Å². The minimum atomic E-state index is -1.14. The number of ketones is 1. The third kappa shape index (κ3) is 3.23. The summed E-state index contributed by atoms with van der Waals surface area (Å²) in [5, 5.41) is 11.7. The SMILES string of the molecule is C#C[C@]1(O)CC2CC[C@H]3[C@@H]4CC[C@H](C(C)=O)[C@@]4(C)CC[C@@H]3[C@@]2(C)CC1c1ccccc1OC. The number of ether oxygens (including phenoxy) is 1. The first-order valence-corrected chi connectivity index (χ1v) is 13.0. The van der Waals surface area contributed by atoms with Gasteiger partial charge in [0, 0.05) is 17.4 Å². The Morgan fingerprint density at radius 3 is 2.48 bits per heavy atom. The molecule has 0 saturated heterocycles. The maximum absolute atomic E-state index is 12.5. The average molecular weight is 449 g/mol. The number of carbonyl (C=O) groups excluding carboxylic acids is 1. The van der Waals surface area contributed by atoms with Crippen LogP contribution in [-0.4, -0.2) is 23.6 Å². The fraction of sp³-hybridized carbons (Fsp3) is 0.700. The van der Waals surface area contributed by atoms with E-state index in [1.54, 1.807) is 7.11 Å². The van der Waals surface area contributed by atoms with E-state index in [9.17, 15) is 9.90 Å². The van der Waals surface area contributed by atoms with Crippen LogP contribution in [0.25, 0.3) is 0 Å². The summed E-state index contributed by atoms with van der Waals surface area (Å²) in [6.45, 7) is 6.71. The predicted octanol–water partition coefficient (Wildman–Crippen LogP) is 6.00. The van der Waals surface area contributed by atoms with E-state index >= 15 is 0 Å². The Morgan fingerprint density at radius 1 is 1.06 bits per heavy atom. The summed E-state index contributed by atoms with van der Waals surface area (Å²) in [5.74, 6) is 6.58. The maximum Gasteiger partial charge on any atom is 0.133 e. The summed E-state index contributed by atoms with van der Waals surface area (Å²) in [6.07, 6.45) is 14.6. The summed E-state index contributed by atoms with van der Waals surface area (Å²) in [7, 11) is 1.70. The highest BCUT2D eigenvalue weighted by Gasteiger charge is 2.63. The molecule has 9 atom stereocenters. The number of benzene rings is 1.